The molecule has 2 aromatic carbocycles. The van der Waals surface area contributed by atoms with Gasteiger partial charge in [0.05, 0.1) is 15.9 Å². The summed E-state index contributed by atoms with van der Waals surface area (Å²) in [6.07, 6.45) is 1.60. The van der Waals surface area contributed by atoms with Gasteiger partial charge in [-0.3, -0.25) is 0 Å². The van der Waals surface area contributed by atoms with Gasteiger partial charge >= 0.3 is 0 Å². The number of hydrogen-bond acceptors (Lipinski definition) is 6. The summed E-state index contributed by atoms with van der Waals surface area (Å²) in [5, 5.41) is 1.91. The summed E-state index contributed by atoms with van der Waals surface area (Å²) in [5.41, 5.74) is 0.867. The maximum atomic E-state index is 13.5. The third-order valence-electron chi connectivity index (χ3n) is 5.76. The third-order valence-corrected chi connectivity index (χ3v) is 10.3. The number of thiophene rings is 1. The van der Waals surface area contributed by atoms with Crippen LogP contribution in [0.4, 0.5) is 0 Å². The van der Waals surface area contributed by atoms with Gasteiger partial charge in [-0.15, -0.1) is 11.3 Å². The zero-order valence-corrected chi connectivity index (χ0v) is 21.4. The molecule has 3 aromatic rings. The van der Waals surface area contributed by atoms with Crippen LogP contribution in [0.5, 0.6) is 0 Å². The molecule has 0 aliphatic carbocycles. The highest BCUT2D eigenvalue weighted by Gasteiger charge is 2.30. The van der Waals surface area contributed by atoms with Gasteiger partial charge in [-0.25, -0.2) is 16.8 Å². The molecule has 0 bridgehead atoms. The number of sulfonamides is 2. The van der Waals surface area contributed by atoms with Crippen LogP contribution >= 0.6 is 11.3 Å². The Labute approximate surface area is 205 Å². The molecule has 0 unspecified atom stereocenters. The molecule has 1 atom stereocenters. The number of hydrogen-bond donors (Lipinski definition) is 0. The fourth-order valence-electron chi connectivity index (χ4n) is 3.88. The highest BCUT2D eigenvalue weighted by Crippen LogP contribution is 2.25. The van der Waals surface area contributed by atoms with Gasteiger partial charge < -0.3 is 4.74 Å². The molecule has 1 aliphatic heterocycles. The van der Waals surface area contributed by atoms with Gasteiger partial charge in [0.15, 0.2) is 0 Å². The molecule has 0 saturated carbocycles. The fraction of sp³-hybridized carbons (Fsp3) is 0.333. The van der Waals surface area contributed by atoms with Crippen molar-refractivity contribution in [3.8, 4) is 0 Å². The summed E-state index contributed by atoms with van der Waals surface area (Å²) < 4.78 is 61.4. The molecule has 1 saturated heterocycles. The van der Waals surface area contributed by atoms with E-state index in [2.05, 4.69) is 0 Å². The van der Waals surface area contributed by atoms with Crippen LogP contribution < -0.4 is 0 Å². The second-order valence-corrected chi connectivity index (χ2v) is 13.2. The molecule has 0 radical (unpaired) electrons. The molecular formula is C24H28N2O5S3. The van der Waals surface area contributed by atoms with Crippen molar-refractivity contribution < 1.29 is 21.6 Å². The van der Waals surface area contributed by atoms with Crippen LogP contribution in [0.1, 0.15) is 23.3 Å². The first kappa shape index (κ1) is 25.0. The Morgan fingerprint density at radius 1 is 0.882 bits per heavy atom. The molecule has 1 aliphatic rings. The Morgan fingerprint density at radius 2 is 1.56 bits per heavy atom. The number of nitrogens with zero attached hydrogens (tertiary/aromatic N) is 2. The lowest BCUT2D eigenvalue weighted by molar-refractivity contribution is 0.0927. The topological polar surface area (TPSA) is 84.0 Å². The van der Waals surface area contributed by atoms with Gasteiger partial charge in [-0.05, 0) is 54.1 Å². The molecule has 4 rings (SSSR count). The van der Waals surface area contributed by atoms with Crippen molar-refractivity contribution in [3.05, 3.63) is 82.6 Å². The van der Waals surface area contributed by atoms with Gasteiger partial charge in [0.25, 0.3) is 0 Å². The van der Waals surface area contributed by atoms with Gasteiger partial charge in [0, 0.05) is 38.2 Å². The van der Waals surface area contributed by atoms with Crippen LogP contribution in [-0.2, 0) is 37.9 Å². The Bertz CT molecular complexity index is 1270. The van der Waals surface area contributed by atoms with E-state index in [-0.39, 0.29) is 35.5 Å². The van der Waals surface area contributed by atoms with E-state index in [0.717, 1.165) is 23.3 Å². The summed E-state index contributed by atoms with van der Waals surface area (Å²) in [7, 11) is -6.11. The predicted molar refractivity (Wildman–Crippen MR) is 132 cm³/mol. The van der Waals surface area contributed by atoms with E-state index in [1.165, 1.54) is 51.3 Å². The summed E-state index contributed by atoms with van der Waals surface area (Å²) in [4.78, 5) is 1.05. The minimum Gasteiger partial charge on any atom is -0.377 e. The number of rotatable bonds is 10. The minimum atomic E-state index is -3.84. The first-order valence-electron chi connectivity index (χ1n) is 11.0. The standard InChI is InChI=1S/C24H28N2O5S3/c1-25(17-20-7-3-2-4-8-20)33(27,28)23-11-13-24(14-12-23)34(29,30)26(18-21-9-5-15-31-21)19-22-10-6-16-32-22/h2-4,6-8,10-14,16,21H,5,9,15,17-19H2,1H3/t21-/m1/s1. The highest BCUT2D eigenvalue weighted by molar-refractivity contribution is 7.89. The van der Waals surface area contributed by atoms with Crippen molar-refractivity contribution >= 4 is 31.4 Å². The Hall–Kier alpha value is -2.08. The van der Waals surface area contributed by atoms with Gasteiger partial charge in [-0.2, -0.15) is 8.61 Å². The Morgan fingerprint density at radius 3 is 2.15 bits per heavy atom. The van der Waals surface area contributed by atoms with Crippen LogP contribution in [0.3, 0.4) is 0 Å². The second-order valence-electron chi connectivity index (χ2n) is 8.23. The van der Waals surface area contributed by atoms with Crippen LogP contribution in [0.25, 0.3) is 0 Å². The average Bonchev–Trinajstić information content (AvgIpc) is 3.54. The molecule has 0 N–H and O–H groups in total. The second kappa shape index (κ2) is 10.7. The fourth-order valence-corrected chi connectivity index (χ4v) is 7.29. The maximum Gasteiger partial charge on any atom is 0.243 e. The lowest BCUT2D eigenvalue weighted by Gasteiger charge is -2.24. The molecule has 182 valence electrons. The molecule has 7 nitrogen and oxygen atoms in total. The lowest BCUT2D eigenvalue weighted by atomic mass is 10.2. The van der Waals surface area contributed by atoms with Gasteiger partial charge in [-0.1, -0.05) is 36.4 Å². The molecular weight excluding hydrogens is 492 g/mol. The summed E-state index contributed by atoms with van der Waals surface area (Å²) in [5.74, 6) is 0. The highest BCUT2D eigenvalue weighted by atomic mass is 32.2. The zero-order valence-electron chi connectivity index (χ0n) is 18.9. The number of benzene rings is 2. The molecule has 0 amide bonds. The lowest BCUT2D eigenvalue weighted by Crippen LogP contribution is -2.36. The minimum absolute atomic E-state index is 0.0498. The molecule has 2 heterocycles. The molecule has 0 spiro atoms. The molecule has 10 heteroatoms. The molecule has 1 fully saturated rings. The van der Waals surface area contributed by atoms with E-state index in [4.69, 9.17) is 4.74 Å². The van der Waals surface area contributed by atoms with Crippen molar-refractivity contribution in [2.45, 2.75) is 41.8 Å². The monoisotopic (exact) mass is 520 g/mol. The van der Waals surface area contributed by atoms with Crippen molar-refractivity contribution in [1.82, 2.24) is 8.61 Å². The zero-order chi connectivity index (χ0) is 24.2. The summed E-state index contributed by atoms with van der Waals surface area (Å²) >= 11 is 1.50. The summed E-state index contributed by atoms with van der Waals surface area (Å²) in [6.45, 7) is 1.37. The average molecular weight is 521 g/mol. The normalized spacial score (nSPS) is 17.0. The molecule has 1 aromatic heterocycles. The Kier molecular flexibility index (Phi) is 7.86. The predicted octanol–water partition coefficient (Wildman–Crippen LogP) is 3.94. The van der Waals surface area contributed by atoms with E-state index >= 15 is 0 Å². The third kappa shape index (κ3) is 5.76. The first-order chi connectivity index (χ1) is 16.3. The molecule has 34 heavy (non-hydrogen) atoms. The van der Waals surface area contributed by atoms with Gasteiger partial charge in [0.1, 0.15) is 0 Å². The van der Waals surface area contributed by atoms with Gasteiger partial charge in [0.2, 0.25) is 20.0 Å². The Balaban J connectivity index is 1.55. The van der Waals surface area contributed by atoms with Crippen molar-refractivity contribution in [3.63, 3.8) is 0 Å². The van der Waals surface area contributed by atoms with E-state index in [1.54, 1.807) is 0 Å². The van der Waals surface area contributed by atoms with Crippen LogP contribution in [0, 0.1) is 0 Å². The maximum absolute atomic E-state index is 13.5. The van der Waals surface area contributed by atoms with E-state index in [9.17, 15) is 16.8 Å². The van der Waals surface area contributed by atoms with Crippen molar-refractivity contribution in [2.75, 3.05) is 20.2 Å². The SMILES string of the molecule is CN(Cc1ccccc1)S(=O)(=O)c1ccc(S(=O)(=O)N(Cc2cccs2)C[C@H]2CCCO2)cc1. The van der Waals surface area contributed by atoms with E-state index in [0.29, 0.717) is 6.61 Å². The summed E-state index contributed by atoms with van der Waals surface area (Å²) in [6, 6.07) is 18.6. The largest absolute Gasteiger partial charge is 0.377 e. The van der Waals surface area contributed by atoms with Crippen molar-refractivity contribution in [2.24, 2.45) is 0 Å². The van der Waals surface area contributed by atoms with Crippen LogP contribution in [0.15, 0.2) is 81.9 Å². The van der Waals surface area contributed by atoms with E-state index < -0.39 is 20.0 Å². The van der Waals surface area contributed by atoms with Crippen molar-refractivity contribution in [1.29, 1.82) is 0 Å². The van der Waals surface area contributed by atoms with Crippen LogP contribution in [0.2, 0.25) is 0 Å². The quantitative estimate of drug-likeness (QED) is 0.404. The van der Waals surface area contributed by atoms with E-state index in [1.807, 2.05) is 47.8 Å². The smallest absolute Gasteiger partial charge is 0.243 e. The number of ether oxygens (including phenoxy) is 1. The van der Waals surface area contributed by atoms with Crippen LogP contribution in [-0.4, -0.2) is 51.7 Å². The first-order valence-corrected chi connectivity index (χ1v) is 14.8.